The molecule has 0 N–H and O–H groups in total. The summed E-state index contributed by atoms with van der Waals surface area (Å²) < 4.78 is 18.7. The molecule has 27 heavy (non-hydrogen) atoms. The molecule has 0 atom stereocenters. The third kappa shape index (κ3) is 3.87. The smallest absolute Gasteiger partial charge is 0.344 e. The number of hydrogen-bond donors (Lipinski definition) is 0. The average molecular weight is 366 g/mol. The van der Waals surface area contributed by atoms with Gasteiger partial charge in [0.15, 0.2) is 17.2 Å². The van der Waals surface area contributed by atoms with E-state index in [9.17, 15) is 4.79 Å². The van der Waals surface area contributed by atoms with Crippen molar-refractivity contribution in [3.63, 3.8) is 0 Å². The largest absolute Gasteiger partial charge is 0.493 e. The zero-order chi connectivity index (χ0) is 19.4. The Kier molecular flexibility index (Phi) is 5.60. The number of carbonyl (C=O) groups excluding carboxylic acids is 1. The Morgan fingerprint density at radius 2 is 1.81 bits per heavy atom. The van der Waals surface area contributed by atoms with Crippen molar-refractivity contribution >= 4 is 16.9 Å². The molecular formula is C22H24NO4+. The van der Waals surface area contributed by atoms with Gasteiger partial charge in [0.05, 0.1) is 25.2 Å². The number of fused-ring (bicyclic) bond motifs is 1. The monoisotopic (exact) mass is 366 g/mol. The summed E-state index contributed by atoms with van der Waals surface area (Å²) in [5, 5.41) is 0.884. The Morgan fingerprint density at radius 3 is 2.48 bits per heavy atom. The SMILES string of the molecule is CCOC(=O)c1cc2cc(OCc3ccccc3)c(OC)cc2[n+](C)c1C. The number of pyridine rings is 1. The van der Waals surface area contributed by atoms with Gasteiger partial charge in [0.1, 0.15) is 19.2 Å². The number of esters is 1. The van der Waals surface area contributed by atoms with E-state index in [1.165, 1.54) is 0 Å². The van der Waals surface area contributed by atoms with Crippen LogP contribution in [0.4, 0.5) is 0 Å². The van der Waals surface area contributed by atoms with Gasteiger partial charge in [-0.3, -0.25) is 0 Å². The molecule has 0 radical (unpaired) electrons. The van der Waals surface area contributed by atoms with E-state index in [0.29, 0.717) is 30.3 Å². The Bertz CT molecular complexity index is 967. The molecule has 140 valence electrons. The minimum Gasteiger partial charge on any atom is -0.493 e. The zero-order valence-electron chi connectivity index (χ0n) is 16.1. The number of hydrogen-bond acceptors (Lipinski definition) is 4. The predicted molar refractivity (Wildman–Crippen MR) is 103 cm³/mol. The molecule has 0 unspecified atom stereocenters. The Morgan fingerprint density at radius 1 is 1.07 bits per heavy atom. The third-order valence-electron chi connectivity index (χ3n) is 4.60. The van der Waals surface area contributed by atoms with Crippen LogP contribution in [0.1, 0.15) is 28.5 Å². The molecule has 0 fully saturated rings. The van der Waals surface area contributed by atoms with Gasteiger partial charge in [0.2, 0.25) is 5.52 Å². The van der Waals surface area contributed by atoms with Crippen molar-refractivity contribution in [1.82, 2.24) is 0 Å². The van der Waals surface area contributed by atoms with Crippen molar-refractivity contribution in [2.75, 3.05) is 13.7 Å². The number of nitrogens with zero attached hydrogens (tertiary/aromatic N) is 1. The maximum atomic E-state index is 12.3. The van der Waals surface area contributed by atoms with Gasteiger partial charge in [0.25, 0.3) is 0 Å². The van der Waals surface area contributed by atoms with Gasteiger partial charge in [-0.25, -0.2) is 4.79 Å². The normalized spacial score (nSPS) is 10.7. The fourth-order valence-electron chi connectivity index (χ4n) is 3.02. The molecule has 0 bridgehead atoms. The second-order valence-corrected chi connectivity index (χ2v) is 6.26. The summed E-state index contributed by atoms with van der Waals surface area (Å²) in [6.07, 6.45) is 0. The van der Waals surface area contributed by atoms with Crippen LogP contribution in [0.2, 0.25) is 0 Å². The van der Waals surface area contributed by atoms with Crippen molar-refractivity contribution in [3.8, 4) is 11.5 Å². The number of rotatable bonds is 6. The van der Waals surface area contributed by atoms with Gasteiger partial charge in [-0.15, -0.1) is 0 Å². The van der Waals surface area contributed by atoms with Gasteiger partial charge in [-0.1, -0.05) is 30.3 Å². The van der Waals surface area contributed by atoms with Crippen LogP contribution in [0.25, 0.3) is 10.9 Å². The quantitative estimate of drug-likeness (QED) is 0.493. The standard InChI is InChI=1S/C22H24NO4/c1-5-26-22(24)18-11-17-12-21(27-14-16-9-7-6-8-10-16)20(25-4)13-19(17)23(3)15(18)2/h6-13H,5,14H2,1-4H3/q+1. The Labute approximate surface area is 159 Å². The van der Waals surface area contributed by atoms with Crippen LogP contribution in [0.3, 0.4) is 0 Å². The minimum atomic E-state index is -0.324. The van der Waals surface area contributed by atoms with E-state index >= 15 is 0 Å². The van der Waals surface area contributed by atoms with Crippen LogP contribution in [0.5, 0.6) is 11.5 Å². The lowest BCUT2D eigenvalue weighted by molar-refractivity contribution is -0.651. The molecule has 0 aliphatic rings. The van der Waals surface area contributed by atoms with Crippen LogP contribution in [0.15, 0.2) is 48.5 Å². The molecule has 0 aliphatic carbocycles. The van der Waals surface area contributed by atoms with Crippen molar-refractivity contribution in [2.24, 2.45) is 7.05 Å². The van der Waals surface area contributed by atoms with E-state index < -0.39 is 0 Å². The maximum absolute atomic E-state index is 12.3. The van der Waals surface area contributed by atoms with E-state index in [0.717, 1.165) is 22.2 Å². The van der Waals surface area contributed by atoms with Gasteiger partial charge in [-0.2, -0.15) is 4.57 Å². The number of ether oxygens (including phenoxy) is 3. The number of aryl methyl sites for hydroxylation is 1. The van der Waals surface area contributed by atoms with Crippen molar-refractivity contribution in [2.45, 2.75) is 20.5 Å². The average Bonchev–Trinajstić information content (AvgIpc) is 2.69. The third-order valence-corrected chi connectivity index (χ3v) is 4.60. The van der Waals surface area contributed by atoms with Gasteiger partial charge in [0, 0.05) is 6.92 Å². The van der Waals surface area contributed by atoms with Crippen molar-refractivity contribution < 1.29 is 23.6 Å². The van der Waals surface area contributed by atoms with Crippen LogP contribution in [-0.2, 0) is 18.4 Å². The van der Waals surface area contributed by atoms with Gasteiger partial charge in [-0.05, 0) is 24.6 Å². The molecule has 2 aromatic carbocycles. The number of carbonyl (C=O) groups is 1. The van der Waals surface area contributed by atoms with Crippen molar-refractivity contribution in [3.05, 3.63) is 65.4 Å². The summed E-state index contributed by atoms with van der Waals surface area (Å²) in [6.45, 7) is 4.48. The highest BCUT2D eigenvalue weighted by atomic mass is 16.5. The van der Waals surface area contributed by atoms with Gasteiger partial charge < -0.3 is 14.2 Å². The number of aromatic nitrogens is 1. The Balaban J connectivity index is 2.03. The molecule has 0 saturated carbocycles. The summed E-state index contributed by atoms with van der Waals surface area (Å²) >= 11 is 0. The van der Waals surface area contributed by atoms with E-state index in [4.69, 9.17) is 14.2 Å². The highest BCUT2D eigenvalue weighted by Gasteiger charge is 2.22. The van der Waals surface area contributed by atoms with E-state index in [-0.39, 0.29) is 5.97 Å². The molecular weight excluding hydrogens is 342 g/mol. The summed E-state index contributed by atoms with van der Waals surface area (Å²) in [5.41, 5.74) is 3.40. The topological polar surface area (TPSA) is 48.6 Å². The summed E-state index contributed by atoms with van der Waals surface area (Å²) in [7, 11) is 3.54. The molecule has 5 nitrogen and oxygen atoms in total. The molecule has 0 spiro atoms. The fraction of sp³-hybridized carbons (Fsp3) is 0.273. The first kappa shape index (κ1) is 18.7. The Hall–Kier alpha value is -3.08. The second-order valence-electron chi connectivity index (χ2n) is 6.26. The van der Waals surface area contributed by atoms with Crippen molar-refractivity contribution in [1.29, 1.82) is 0 Å². The lowest BCUT2D eigenvalue weighted by atomic mass is 10.1. The summed E-state index contributed by atoms with van der Waals surface area (Å²) in [6, 6.07) is 15.6. The van der Waals surface area contributed by atoms with E-state index in [2.05, 4.69) is 0 Å². The summed E-state index contributed by atoms with van der Waals surface area (Å²) in [5.74, 6) is 0.958. The van der Waals surface area contributed by atoms with Crippen LogP contribution >= 0.6 is 0 Å². The fourth-order valence-corrected chi connectivity index (χ4v) is 3.02. The lowest BCUT2D eigenvalue weighted by Gasteiger charge is -2.13. The highest BCUT2D eigenvalue weighted by molar-refractivity contribution is 5.94. The minimum absolute atomic E-state index is 0.324. The van der Waals surface area contributed by atoms with E-state index in [1.54, 1.807) is 14.0 Å². The first-order chi connectivity index (χ1) is 13.0. The molecule has 3 rings (SSSR count). The first-order valence-electron chi connectivity index (χ1n) is 8.90. The molecule has 1 aromatic heterocycles. The molecule has 0 aliphatic heterocycles. The highest BCUT2D eigenvalue weighted by Crippen LogP contribution is 2.32. The lowest BCUT2D eigenvalue weighted by Crippen LogP contribution is -2.35. The molecule has 5 heteroatoms. The van der Waals surface area contributed by atoms with Crippen LogP contribution in [-0.4, -0.2) is 19.7 Å². The second kappa shape index (κ2) is 8.08. The summed E-state index contributed by atoms with van der Waals surface area (Å²) in [4.78, 5) is 12.3. The number of methoxy groups -OCH3 is 1. The van der Waals surface area contributed by atoms with Crippen LogP contribution < -0.4 is 14.0 Å². The molecule has 0 amide bonds. The zero-order valence-corrected chi connectivity index (χ0v) is 16.1. The molecule has 3 aromatic rings. The maximum Gasteiger partial charge on any atom is 0.344 e. The molecule has 1 heterocycles. The number of benzene rings is 2. The first-order valence-corrected chi connectivity index (χ1v) is 8.90. The predicted octanol–water partition coefficient (Wildman–Crippen LogP) is 3.74. The van der Waals surface area contributed by atoms with Crippen LogP contribution in [0, 0.1) is 6.92 Å². The van der Waals surface area contributed by atoms with Gasteiger partial charge >= 0.3 is 5.97 Å². The molecule has 0 saturated heterocycles. The van der Waals surface area contributed by atoms with E-state index in [1.807, 2.05) is 67.1 Å².